The molecule has 0 unspecified atom stereocenters. The van der Waals surface area contributed by atoms with Gasteiger partial charge in [0.1, 0.15) is 5.60 Å². The average molecular weight is 437 g/mol. The molecule has 3 rings (SSSR count). The lowest BCUT2D eigenvalue weighted by molar-refractivity contribution is -0.118. The number of ether oxygens (including phenoxy) is 1. The third-order valence-electron chi connectivity index (χ3n) is 4.87. The van der Waals surface area contributed by atoms with Crippen molar-refractivity contribution in [2.75, 3.05) is 5.32 Å². The Balaban J connectivity index is 2.07. The van der Waals surface area contributed by atoms with Crippen molar-refractivity contribution in [3.05, 3.63) is 59.9 Å². The topological polar surface area (TPSA) is 118 Å². The molecule has 2 aromatic rings. The summed E-state index contributed by atoms with van der Waals surface area (Å²) in [5.74, 6) is -1.82. The zero-order chi connectivity index (χ0) is 23.5. The molecule has 2 atom stereocenters. The van der Waals surface area contributed by atoms with E-state index >= 15 is 0 Å². The van der Waals surface area contributed by atoms with Crippen molar-refractivity contribution in [1.82, 2.24) is 10.3 Å². The largest absolute Gasteiger partial charge is 0.478 e. The van der Waals surface area contributed by atoms with Gasteiger partial charge in [-0.1, -0.05) is 25.1 Å². The Kier molecular flexibility index (Phi) is 6.62. The van der Waals surface area contributed by atoms with E-state index in [2.05, 4.69) is 15.6 Å². The molecule has 2 amide bonds. The number of hydrogen-bond acceptors (Lipinski definition) is 5. The summed E-state index contributed by atoms with van der Waals surface area (Å²) in [4.78, 5) is 41.0. The van der Waals surface area contributed by atoms with Gasteiger partial charge in [-0.05, 0) is 57.0 Å². The number of amides is 2. The summed E-state index contributed by atoms with van der Waals surface area (Å²) in [7, 11) is 0. The number of anilines is 1. The molecule has 3 N–H and O–H groups in total. The van der Waals surface area contributed by atoms with Crippen molar-refractivity contribution >= 4 is 23.7 Å². The second-order valence-electron chi connectivity index (χ2n) is 8.68. The van der Waals surface area contributed by atoms with Crippen molar-refractivity contribution in [1.29, 1.82) is 0 Å². The number of alkyl carbamates (subject to hydrolysis) is 1. The average Bonchev–Trinajstić information content (AvgIpc) is 2.71. The first-order valence-electron chi connectivity index (χ1n) is 10.3. The fraction of sp³-hybridized carbons (Fsp3) is 0.333. The Morgan fingerprint density at radius 2 is 1.97 bits per heavy atom. The van der Waals surface area contributed by atoms with Gasteiger partial charge in [0.15, 0.2) is 0 Å². The monoisotopic (exact) mass is 437 g/mol. The van der Waals surface area contributed by atoms with E-state index in [0.29, 0.717) is 23.4 Å². The van der Waals surface area contributed by atoms with Crippen molar-refractivity contribution in [3.8, 4) is 11.1 Å². The van der Waals surface area contributed by atoms with Gasteiger partial charge in [-0.3, -0.25) is 9.78 Å². The van der Waals surface area contributed by atoms with Gasteiger partial charge in [0.05, 0.1) is 23.2 Å². The highest BCUT2D eigenvalue weighted by Crippen LogP contribution is 2.32. The second kappa shape index (κ2) is 9.21. The quantitative estimate of drug-likeness (QED) is 0.594. The molecule has 1 aromatic carbocycles. The SMILES string of the molecule is C[C@@H]1C=CC[C@H](NC(=O)OC(C)(C)C)c2cc(ccn2)-c2ccc(C(=O)O)cc2NC1=O. The minimum atomic E-state index is -1.09. The number of carbonyl (C=O) groups excluding carboxylic acids is 2. The molecule has 32 heavy (non-hydrogen) atoms. The number of benzene rings is 1. The van der Waals surface area contributed by atoms with E-state index in [-0.39, 0.29) is 11.5 Å². The number of nitrogens with zero attached hydrogens (tertiary/aromatic N) is 1. The zero-order valence-corrected chi connectivity index (χ0v) is 18.5. The van der Waals surface area contributed by atoms with Crippen molar-refractivity contribution in [2.45, 2.75) is 45.8 Å². The Bertz CT molecular complexity index is 1070. The molecular weight excluding hydrogens is 410 g/mol. The molecule has 8 nitrogen and oxygen atoms in total. The molecule has 0 fully saturated rings. The highest BCUT2D eigenvalue weighted by atomic mass is 16.6. The number of hydrogen-bond donors (Lipinski definition) is 3. The maximum Gasteiger partial charge on any atom is 0.408 e. The lowest BCUT2D eigenvalue weighted by Crippen LogP contribution is -2.35. The number of nitrogens with one attached hydrogen (secondary N) is 2. The molecule has 8 heteroatoms. The van der Waals surface area contributed by atoms with E-state index < -0.39 is 29.6 Å². The molecule has 1 aliphatic heterocycles. The predicted molar refractivity (Wildman–Crippen MR) is 120 cm³/mol. The van der Waals surface area contributed by atoms with E-state index in [0.717, 1.165) is 5.56 Å². The molecule has 2 bridgehead atoms. The summed E-state index contributed by atoms with van der Waals surface area (Å²) in [6, 6.07) is 7.68. The van der Waals surface area contributed by atoms with Gasteiger partial charge in [0.2, 0.25) is 5.91 Å². The molecule has 168 valence electrons. The van der Waals surface area contributed by atoms with E-state index in [1.807, 2.05) is 12.1 Å². The van der Waals surface area contributed by atoms with Crippen molar-refractivity contribution in [2.24, 2.45) is 5.92 Å². The maximum absolute atomic E-state index is 12.7. The number of pyridine rings is 1. The highest BCUT2D eigenvalue weighted by Gasteiger charge is 2.23. The third kappa shape index (κ3) is 5.72. The lowest BCUT2D eigenvalue weighted by atomic mass is 9.98. The van der Waals surface area contributed by atoms with Gasteiger partial charge < -0.3 is 20.5 Å². The molecule has 0 radical (unpaired) electrons. The van der Waals surface area contributed by atoms with Crippen LogP contribution < -0.4 is 10.6 Å². The first-order chi connectivity index (χ1) is 15.0. The molecule has 2 heterocycles. The number of carboxylic acids is 1. The van der Waals surface area contributed by atoms with Crippen LogP contribution in [0.15, 0.2) is 48.7 Å². The summed E-state index contributed by atoms with van der Waals surface area (Å²) in [6.07, 6.45) is 5.02. The van der Waals surface area contributed by atoms with Gasteiger partial charge >= 0.3 is 12.1 Å². The van der Waals surface area contributed by atoms with Crippen LogP contribution in [0.3, 0.4) is 0 Å². The maximum atomic E-state index is 12.7. The smallest absolute Gasteiger partial charge is 0.408 e. The van der Waals surface area contributed by atoms with Crippen LogP contribution in [-0.4, -0.2) is 33.7 Å². The Hall–Kier alpha value is -3.68. The van der Waals surface area contributed by atoms with Crippen LogP contribution in [0.2, 0.25) is 0 Å². The highest BCUT2D eigenvalue weighted by molar-refractivity contribution is 6.00. The third-order valence-corrected chi connectivity index (χ3v) is 4.87. The second-order valence-corrected chi connectivity index (χ2v) is 8.68. The fourth-order valence-corrected chi connectivity index (χ4v) is 3.30. The van der Waals surface area contributed by atoms with Crippen LogP contribution in [0.4, 0.5) is 10.5 Å². The van der Waals surface area contributed by atoms with Crippen molar-refractivity contribution < 1.29 is 24.2 Å². The molecular formula is C24H27N3O5. The standard InChI is InChI=1S/C24H27N3O5/c1-14-6-5-7-18(27-23(31)32-24(2,3)4)20-12-15(10-11-25-20)17-9-8-16(22(29)30)13-19(17)26-21(14)28/h5-6,8-14,18H,7H2,1-4H3,(H,26,28)(H,27,31)(H,29,30)/t14-,18+/m1/s1. The van der Waals surface area contributed by atoms with E-state index in [1.165, 1.54) is 12.1 Å². The van der Waals surface area contributed by atoms with E-state index in [9.17, 15) is 19.5 Å². The van der Waals surface area contributed by atoms with Gasteiger partial charge in [0.25, 0.3) is 0 Å². The first-order valence-corrected chi connectivity index (χ1v) is 10.3. The number of rotatable bonds is 2. The van der Waals surface area contributed by atoms with Crippen LogP contribution in [-0.2, 0) is 9.53 Å². The van der Waals surface area contributed by atoms with Crippen LogP contribution >= 0.6 is 0 Å². The normalized spacial score (nSPS) is 18.4. The molecule has 1 aromatic heterocycles. The van der Waals surface area contributed by atoms with Gasteiger partial charge in [-0.15, -0.1) is 0 Å². The summed E-state index contributed by atoms with van der Waals surface area (Å²) < 4.78 is 5.39. The fourth-order valence-electron chi connectivity index (χ4n) is 3.30. The van der Waals surface area contributed by atoms with Crippen LogP contribution in [0, 0.1) is 5.92 Å². The lowest BCUT2D eigenvalue weighted by Gasteiger charge is -2.23. The van der Waals surface area contributed by atoms with Crippen LogP contribution in [0.25, 0.3) is 11.1 Å². The molecule has 0 aliphatic carbocycles. The minimum Gasteiger partial charge on any atom is -0.478 e. The minimum absolute atomic E-state index is 0.0677. The summed E-state index contributed by atoms with van der Waals surface area (Å²) in [5.41, 5.74) is 1.82. The summed E-state index contributed by atoms with van der Waals surface area (Å²) in [5, 5.41) is 15.1. The molecule has 0 spiro atoms. The van der Waals surface area contributed by atoms with E-state index in [1.54, 1.807) is 52.1 Å². The Labute approximate surface area is 186 Å². The van der Waals surface area contributed by atoms with Crippen molar-refractivity contribution in [3.63, 3.8) is 0 Å². The molecule has 0 saturated carbocycles. The summed E-state index contributed by atoms with van der Waals surface area (Å²) in [6.45, 7) is 7.10. The van der Waals surface area contributed by atoms with Gasteiger partial charge in [0, 0.05) is 17.4 Å². The summed E-state index contributed by atoms with van der Waals surface area (Å²) >= 11 is 0. The molecule has 0 saturated heterocycles. The first kappa shape index (κ1) is 23.0. The molecule has 1 aliphatic rings. The number of aromatic carboxylic acids is 1. The predicted octanol–water partition coefficient (Wildman–Crippen LogP) is 4.55. The number of carbonyl (C=O) groups is 3. The Morgan fingerprint density at radius 1 is 1.22 bits per heavy atom. The van der Waals surface area contributed by atoms with Gasteiger partial charge in [-0.25, -0.2) is 9.59 Å². The Morgan fingerprint density at radius 3 is 2.66 bits per heavy atom. The number of carboxylic acid groups (broad SMARTS) is 1. The van der Waals surface area contributed by atoms with E-state index in [4.69, 9.17) is 4.74 Å². The number of fused-ring (bicyclic) bond motifs is 4. The number of aromatic nitrogens is 1. The zero-order valence-electron chi connectivity index (χ0n) is 18.5. The van der Waals surface area contributed by atoms with Crippen LogP contribution in [0.5, 0.6) is 0 Å². The van der Waals surface area contributed by atoms with Gasteiger partial charge in [-0.2, -0.15) is 0 Å². The van der Waals surface area contributed by atoms with Crippen LogP contribution in [0.1, 0.15) is 56.2 Å².